The summed E-state index contributed by atoms with van der Waals surface area (Å²) in [6.45, 7) is 1.64. The normalized spacial score (nSPS) is 18.2. The van der Waals surface area contributed by atoms with Crippen LogP contribution in [0.3, 0.4) is 0 Å². The molecule has 1 unspecified atom stereocenters. The number of halogens is 1. The molecule has 2 aromatic rings. The molecule has 0 aliphatic carbocycles. The van der Waals surface area contributed by atoms with Gasteiger partial charge < -0.3 is 9.64 Å². The van der Waals surface area contributed by atoms with Crippen LogP contribution < -0.4 is 4.90 Å². The van der Waals surface area contributed by atoms with Crippen molar-refractivity contribution in [2.45, 2.75) is 6.10 Å². The van der Waals surface area contributed by atoms with Crippen molar-refractivity contribution in [1.82, 2.24) is 4.98 Å². The lowest BCUT2D eigenvalue weighted by Crippen LogP contribution is -2.39. The average Bonchev–Trinajstić information content (AvgIpc) is 2.55. The third kappa shape index (κ3) is 3.10. The monoisotopic (exact) mass is 363 g/mol. The molecule has 7 heteroatoms. The van der Waals surface area contributed by atoms with Gasteiger partial charge in [0.05, 0.1) is 18.1 Å². The molecule has 0 amide bonds. The Bertz CT molecular complexity index is 678. The van der Waals surface area contributed by atoms with Crippen LogP contribution >= 0.6 is 15.9 Å². The zero-order chi connectivity index (χ0) is 15.5. The lowest BCUT2D eigenvalue weighted by molar-refractivity contribution is -0.384. The van der Waals surface area contributed by atoms with Crippen LogP contribution in [0.15, 0.2) is 47.1 Å². The van der Waals surface area contributed by atoms with Gasteiger partial charge in [-0.15, -0.1) is 0 Å². The van der Waals surface area contributed by atoms with Gasteiger partial charge in [0.25, 0.3) is 0 Å². The number of nitrogens with zero attached hydrogens (tertiary/aromatic N) is 3. The van der Waals surface area contributed by atoms with Crippen molar-refractivity contribution >= 4 is 27.4 Å². The zero-order valence-corrected chi connectivity index (χ0v) is 13.3. The third-order valence-corrected chi connectivity index (χ3v) is 4.10. The Kier molecular flexibility index (Phi) is 4.35. The first-order chi connectivity index (χ1) is 10.6. The number of morpholine rings is 1. The molecule has 114 valence electrons. The molecule has 0 bridgehead atoms. The smallest absolute Gasteiger partial charge is 0.311 e. The average molecular weight is 364 g/mol. The fourth-order valence-corrected chi connectivity index (χ4v) is 2.76. The first kappa shape index (κ1) is 14.9. The number of aromatic nitrogens is 1. The molecule has 0 saturated carbocycles. The van der Waals surface area contributed by atoms with E-state index in [1.54, 1.807) is 12.3 Å². The van der Waals surface area contributed by atoms with E-state index in [1.807, 2.05) is 29.2 Å². The second kappa shape index (κ2) is 6.41. The lowest BCUT2D eigenvalue weighted by Gasteiger charge is -2.33. The van der Waals surface area contributed by atoms with E-state index in [1.165, 1.54) is 6.07 Å². The first-order valence-electron chi connectivity index (χ1n) is 6.86. The van der Waals surface area contributed by atoms with Gasteiger partial charge in [-0.3, -0.25) is 10.1 Å². The van der Waals surface area contributed by atoms with Gasteiger partial charge >= 0.3 is 5.69 Å². The van der Waals surface area contributed by atoms with Crippen LogP contribution in [0.5, 0.6) is 0 Å². The summed E-state index contributed by atoms with van der Waals surface area (Å²) in [5, 5.41) is 11.2. The van der Waals surface area contributed by atoms with Crippen LogP contribution in [0.25, 0.3) is 0 Å². The molecule has 0 radical (unpaired) electrons. The maximum Gasteiger partial charge on any atom is 0.311 e. The fraction of sp³-hybridized carbons (Fsp3) is 0.267. The highest BCUT2D eigenvalue weighted by Crippen LogP contribution is 2.30. The maximum absolute atomic E-state index is 11.2. The Morgan fingerprint density at radius 3 is 2.82 bits per heavy atom. The fourth-order valence-electron chi connectivity index (χ4n) is 2.50. The van der Waals surface area contributed by atoms with E-state index < -0.39 is 4.92 Å². The minimum Gasteiger partial charge on any atom is -0.370 e. The number of pyridine rings is 1. The summed E-state index contributed by atoms with van der Waals surface area (Å²) in [6, 6.07) is 11.0. The Labute approximate surface area is 136 Å². The Morgan fingerprint density at radius 2 is 2.09 bits per heavy atom. The van der Waals surface area contributed by atoms with Crippen LogP contribution in [0.4, 0.5) is 11.5 Å². The predicted octanol–water partition coefficient (Wildman–Crippen LogP) is 3.33. The molecule has 22 heavy (non-hydrogen) atoms. The standard InChI is InChI=1S/C15H14BrN3O3/c16-12-5-3-11(4-6-12)14-10-18(8-9-22-14)15-13(19(20)21)2-1-7-17-15/h1-7,14H,8-10H2. The van der Waals surface area contributed by atoms with Crippen LogP contribution in [0.2, 0.25) is 0 Å². The summed E-state index contributed by atoms with van der Waals surface area (Å²) >= 11 is 3.41. The molecule has 1 atom stereocenters. The highest BCUT2D eigenvalue weighted by atomic mass is 79.9. The van der Waals surface area contributed by atoms with Crippen LogP contribution in [0.1, 0.15) is 11.7 Å². The number of anilines is 1. The molecule has 0 spiro atoms. The van der Waals surface area contributed by atoms with Crippen molar-refractivity contribution in [2.75, 3.05) is 24.6 Å². The van der Waals surface area contributed by atoms with E-state index in [-0.39, 0.29) is 11.8 Å². The third-order valence-electron chi connectivity index (χ3n) is 3.57. The molecule has 1 aromatic heterocycles. The van der Waals surface area contributed by atoms with Crippen LogP contribution in [-0.4, -0.2) is 29.6 Å². The van der Waals surface area contributed by atoms with Gasteiger partial charge in [0.2, 0.25) is 5.82 Å². The second-order valence-electron chi connectivity index (χ2n) is 4.96. The predicted molar refractivity (Wildman–Crippen MR) is 85.9 cm³/mol. The number of ether oxygens (including phenoxy) is 1. The van der Waals surface area contributed by atoms with E-state index in [2.05, 4.69) is 20.9 Å². The van der Waals surface area contributed by atoms with E-state index >= 15 is 0 Å². The van der Waals surface area contributed by atoms with Gasteiger partial charge in [-0.25, -0.2) is 4.98 Å². The number of hydrogen-bond acceptors (Lipinski definition) is 5. The molecular weight excluding hydrogens is 350 g/mol. The first-order valence-corrected chi connectivity index (χ1v) is 7.66. The van der Waals surface area contributed by atoms with Gasteiger partial charge in [-0.2, -0.15) is 0 Å². The molecule has 0 N–H and O–H groups in total. The molecule has 1 aliphatic heterocycles. The molecule has 1 saturated heterocycles. The Morgan fingerprint density at radius 1 is 1.32 bits per heavy atom. The quantitative estimate of drug-likeness (QED) is 0.617. The summed E-state index contributed by atoms with van der Waals surface area (Å²) in [5.41, 5.74) is 1.07. The number of nitro groups is 1. The second-order valence-corrected chi connectivity index (χ2v) is 5.88. The Balaban J connectivity index is 1.84. The number of rotatable bonds is 3. The SMILES string of the molecule is O=[N+]([O-])c1cccnc1N1CCOC(c2ccc(Br)cc2)C1. The maximum atomic E-state index is 11.2. The van der Waals surface area contributed by atoms with Crippen molar-refractivity contribution in [3.63, 3.8) is 0 Å². The molecule has 1 fully saturated rings. The Hall–Kier alpha value is -1.99. The van der Waals surface area contributed by atoms with Crippen LogP contribution in [0, 0.1) is 10.1 Å². The van der Waals surface area contributed by atoms with Crippen LogP contribution in [-0.2, 0) is 4.74 Å². The van der Waals surface area contributed by atoms with E-state index in [0.29, 0.717) is 25.5 Å². The molecule has 2 heterocycles. The van der Waals surface area contributed by atoms with Gasteiger partial charge in [0.15, 0.2) is 0 Å². The van der Waals surface area contributed by atoms with Crippen molar-refractivity contribution in [1.29, 1.82) is 0 Å². The van der Waals surface area contributed by atoms with E-state index in [0.717, 1.165) is 10.0 Å². The largest absolute Gasteiger partial charge is 0.370 e. The topological polar surface area (TPSA) is 68.5 Å². The molecule has 6 nitrogen and oxygen atoms in total. The zero-order valence-electron chi connectivity index (χ0n) is 11.7. The van der Waals surface area contributed by atoms with Gasteiger partial charge in [0, 0.05) is 23.3 Å². The minimum atomic E-state index is -0.396. The summed E-state index contributed by atoms with van der Waals surface area (Å²) in [5.74, 6) is 0.401. The number of benzene rings is 1. The number of hydrogen-bond donors (Lipinski definition) is 0. The summed E-state index contributed by atoms with van der Waals surface area (Å²) in [7, 11) is 0. The van der Waals surface area contributed by atoms with Crippen molar-refractivity contribution in [3.05, 3.63) is 62.7 Å². The highest BCUT2D eigenvalue weighted by molar-refractivity contribution is 9.10. The summed E-state index contributed by atoms with van der Waals surface area (Å²) < 4.78 is 6.81. The van der Waals surface area contributed by atoms with Crippen molar-refractivity contribution < 1.29 is 9.66 Å². The lowest BCUT2D eigenvalue weighted by atomic mass is 10.1. The van der Waals surface area contributed by atoms with Gasteiger partial charge in [0.1, 0.15) is 6.10 Å². The van der Waals surface area contributed by atoms with E-state index in [9.17, 15) is 10.1 Å². The van der Waals surface area contributed by atoms with Crippen molar-refractivity contribution in [3.8, 4) is 0 Å². The summed E-state index contributed by atoms with van der Waals surface area (Å²) in [4.78, 5) is 16.9. The van der Waals surface area contributed by atoms with Gasteiger partial charge in [-0.05, 0) is 23.8 Å². The summed E-state index contributed by atoms with van der Waals surface area (Å²) in [6.07, 6.45) is 1.45. The molecule has 1 aromatic carbocycles. The molecule has 1 aliphatic rings. The van der Waals surface area contributed by atoms with Gasteiger partial charge in [-0.1, -0.05) is 28.1 Å². The minimum absolute atomic E-state index is 0.0268. The molecular formula is C15H14BrN3O3. The van der Waals surface area contributed by atoms with Crippen molar-refractivity contribution in [2.24, 2.45) is 0 Å². The van der Waals surface area contributed by atoms with E-state index in [4.69, 9.17) is 4.74 Å². The highest BCUT2D eigenvalue weighted by Gasteiger charge is 2.27. The molecule has 3 rings (SSSR count).